The van der Waals surface area contributed by atoms with E-state index in [1.54, 1.807) is 6.33 Å². The molecule has 0 radical (unpaired) electrons. The highest BCUT2D eigenvalue weighted by Crippen LogP contribution is 2.30. The molecule has 1 aromatic carbocycles. The van der Waals surface area contributed by atoms with Gasteiger partial charge in [0, 0.05) is 19.3 Å². The zero-order valence-electron chi connectivity index (χ0n) is 13.9. The molecule has 0 fully saturated rings. The molecule has 4 rings (SSSR count). The molecule has 1 atom stereocenters. The zero-order chi connectivity index (χ0) is 17.1. The van der Waals surface area contributed by atoms with Crippen molar-refractivity contribution in [3.05, 3.63) is 48.0 Å². The number of fused-ring (bicyclic) bond motifs is 2. The van der Waals surface area contributed by atoms with Gasteiger partial charge in [0.05, 0.1) is 18.8 Å². The number of hydrogen-bond donors (Lipinski definition) is 1. The maximum Gasteiger partial charge on any atom is 0.234 e. The van der Waals surface area contributed by atoms with Crippen LogP contribution in [-0.2, 0) is 17.8 Å². The predicted octanol–water partition coefficient (Wildman–Crippen LogP) is 0.791. The highest BCUT2D eigenvalue weighted by molar-refractivity contribution is 5.78. The summed E-state index contributed by atoms with van der Waals surface area (Å²) >= 11 is 0. The van der Waals surface area contributed by atoms with E-state index in [9.17, 15) is 4.79 Å². The lowest BCUT2D eigenvalue weighted by atomic mass is 10.1. The number of nitrogens with one attached hydrogen (secondary N) is 1. The Kier molecular flexibility index (Phi) is 4.47. The number of amides is 1. The van der Waals surface area contributed by atoms with Gasteiger partial charge in [-0.15, -0.1) is 0 Å². The van der Waals surface area contributed by atoms with Crippen LogP contribution in [0.15, 0.2) is 36.8 Å². The monoisotopic (exact) mass is 340 g/mol. The van der Waals surface area contributed by atoms with E-state index in [1.807, 2.05) is 30.5 Å². The second-order valence-corrected chi connectivity index (χ2v) is 6.26. The third-order valence-electron chi connectivity index (χ3n) is 4.41. The molecule has 0 saturated carbocycles. The highest BCUT2D eigenvalue weighted by Gasteiger charge is 2.23. The first-order valence-electron chi connectivity index (χ1n) is 8.43. The molecule has 3 heterocycles. The van der Waals surface area contributed by atoms with Crippen molar-refractivity contribution in [2.45, 2.75) is 19.1 Å². The number of nitrogens with zero attached hydrogens (tertiary/aromatic N) is 3. The van der Waals surface area contributed by atoms with Gasteiger partial charge in [0.2, 0.25) is 5.91 Å². The number of benzene rings is 1. The van der Waals surface area contributed by atoms with Crippen LogP contribution in [-0.4, -0.2) is 53.1 Å². The fourth-order valence-corrected chi connectivity index (χ4v) is 3.09. The van der Waals surface area contributed by atoms with Crippen LogP contribution in [0, 0.1) is 0 Å². The molecule has 130 valence electrons. The van der Waals surface area contributed by atoms with E-state index in [2.05, 4.69) is 20.2 Å². The normalized spacial score (nSPS) is 19.1. The fourth-order valence-electron chi connectivity index (χ4n) is 3.09. The first-order valence-corrected chi connectivity index (χ1v) is 8.43. The van der Waals surface area contributed by atoms with Crippen LogP contribution < -0.4 is 14.8 Å². The molecule has 1 N–H and O–H groups in total. The van der Waals surface area contributed by atoms with Gasteiger partial charge in [0.25, 0.3) is 0 Å². The summed E-state index contributed by atoms with van der Waals surface area (Å²) in [6, 6.07) is 7.56. The first-order chi connectivity index (χ1) is 12.3. The number of aromatic nitrogens is 2. The Balaban J connectivity index is 1.25. The molecule has 2 aliphatic heterocycles. The summed E-state index contributed by atoms with van der Waals surface area (Å²) in [7, 11) is 0. The molecule has 2 aromatic rings. The van der Waals surface area contributed by atoms with Crippen molar-refractivity contribution in [3.63, 3.8) is 0 Å². The van der Waals surface area contributed by atoms with Crippen LogP contribution in [0.25, 0.3) is 0 Å². The van der Waals surface area contributed by atoms with Gasteiger partial charge in [0.1, 0.15) is 19.0 Å². The number of carbonyl (C=O) groups excluding carboxylic acids is 1. The first kappa shape index (κ1) is 15.8. The molecule has 7 nitrogen and oxygen atoms in total. The Labute approximate surface area is 146 Å². The molecule has 0 saturated heterocycles. The Morgan fingerprint density at radius 2 is 2.20 bits per heavy atom. The van der Waals surface area contributed by atoms with Crippen molar-refractivity contribution in [2.75, 3.05) is 26.2 Å². The molecule has 2 aliphatic rings. The average Bonchev–Trinajstić information content (AvgIpc) is 2.66. The lowest BCUT2D eigenvalue weighted by Crippen LogP contribution is -2.45. The zero-order valence-corrected chi connectivity index (χ0v) is 13.9. The minimum Gasteiger partial charge on any atom is -0.486 e. The van der Waals surface area contributed by atoms with Crippen LogP contribution >= 0.6 is 0 Å². The molecule has 25 heavy (non-hydrogen) atoms. The summed E-state index contributed by atoms with van der Waals surface area (Å²) in [6.45, 7) is 2.74. The van der Waals surface area contributed by atoms with Gasteiger partial charge in [-0.25, -0.2) is 9.97 Å². The number of rotatable bonds is 4. The highest BCUT2D eigenvalue weighted by atomic mass is 16.6. The van der Waals surface area contributed by atoms with Crippen molar-refractivity contribution in [1.82, 2.24) is 20.2 Å². The minimum atomic E-state index is -0.173. The summed E-state index contributed by atoms with van der Waals surface area (Å²) < 4.78 is 11.5. The topological polar surface area (TPSA) is 76.6 Å². The molecular formula is C18H20N4O3. The summed E-state index contributed by atoms with van der Waals surface area (Å²) in [6.07, 6.45) is 4.12. The SMILES string of the molecule is O=C(CN1CCc2cncnc2C1)NCC1COc2ccccc2O1. The Morgan fingerprint density at radius 1 is 1.32 bits per heavy atom. The van der Waals surface area contributed by atoms with Crippen molar-refractivity contribution in [3.8, 4) is 11.5 Å². The summed E-state index contributed by atoms with van der Waals surface area (Å²) in [5.41, 5.74) is 2.18. The van der Waals surface area contributed by atoms with Gasteiger partial charge in [-0.3, -0.25) is 9.69 Å². The van der Waals surface area contributed by atoms with Crippen molar-refractivity contribution < 1.29 is 14.3 Å². The second-order valence-electron chi connectivity index (χ2n) is 6.26. The van der Waals surface area contributed by atoms with Crippen molar-refractivity contribution >= 4 is 5.91 Å². The van der Waals surface area contributed by atoms with Gasteiger partial charge in [0.15, 0.2) is 11.5 Å². The number of ether oxygens (including phenoxy) is 2. The standard InChI is InChI=1S/C18H20N4O3/c23-18(10-22-6-5-13-7-19-12-21-15(13)9-22)20-8-14-11-24-16-3-1-2-4-17(16)25-14/h1-4,7,12,14H,5-6,8-11H2,(H,20,23). The Hall–Kier alpha value is -2.67. The molecule has 0 bridgehead atoms. The Bertz CT molecular complexity index is 767. The minimum absolute atomic E-state index is 0.0139. The van der Waals surface area contributed by atoms with Crippen molar-refractivity contribution in [1.29, 1.82) is 0 Å². The maximum absolute atomic E-state index is 12.2. The van der Waals surface area contributed by atoms with E-state index < -0.39 is 0 Å². The van der Waals surface area contributed by atoms with Crippen LogP contribution in [0.1, 0.15) is 11.3 Å². The second kappa shape index (κ2) is 7.06. The predicted molar refractivity (Wildman–Crippen MR) is 90.4 cm³/mol. The molecule has 1 aromatic heterocycles. The average molecular weight is 340 g/mol. The quantitative estimate of drug-likeness (QED) is 0.887. The van der Waals surface area contributed by atoms with E-state index in [0.717, 1.165) is 30.2 Å². The van der Waals surface area contributed by atoms with E-state index in [-0.39, 0.29) is 12.0 Å². The lowest BCUT2D eigenvalue weighted by Gasteiger charge is -2.28. The molecular weight excluding hydrogens is 320 g/mol. The maximum atomic E-state index is 12.2. The van der Waals surface area contributed by atoms with Gasteiger partial charge in [-0.1, -0.05) is 12.1 Å². The summed E-state index contributed by atoms with van der Waals surface area (Å²) in [5.74, 6) is 1.46. The van der Waals surface area contributed by atoms with Gasteiger partial charge in [-0.2, -0.15) is 0 Å². The van der Waals surface area contributed by atoms with E-state index in [1.165, 1.54) is 5.56 Å². The van der Waals surface area contributed by atoms with Crippen LogP contribution in [0.3, 0.4) is 0 Å². The number of para-hydroxylation sites is 2. The lowest BCUT2D eigenvalue weighted by molar-refractivity contribution is -0.123. The molecule has 7 heteroatoms. The fraction of sp³-hybridized carbons (Fsp3) is 0.389. The van der Waals surface area contributed by atoms with E-state index >= 15 is 0 Å². The molecule has 1 amide bonds. The molecule has 0 aliphatic carbocycles. The third-order valence-corrected chi connectivity index (χ3v) is 4.41. The third kappa shape index (κ3) is 3.71. The summed E-state index contributed by atoms with van der Waals surface area (Å²) in [5, 5.41) is 2.94. The van der Waals surface area contributed by atoms with Crippen molar-refractivity contribution in [2.24, 2.45) is 0 Å². The van der Waals surface area contributed by atoms with Crippen LogP contribution in [0.5, 0.6) is 11.5 Å². The number of hydrogen-bond acceptors (Lipinski definition) is 6. The van der Waals surface area contributed by atoms with Gasteiger partial charge >= 0.3 is 0 Å². The van der Waals surface area contributed by atoms with Gasteiger partial charge < -0.3 is 14.8 Å². The molecule has 1 unspecified atom stereocenters. The molecule has 0 spiro atoms. The van der Waals surface area contributed by atoms with Gasteiger partial charge in [-0.05, 0) is 24.1 Å². The summed E-state index contributed by atoms with van der Waals surface area (Å²) in [4.78, 5) is 22.7. The Morgan fingerprint density at radius 3 is 3.12 bits per heavy atom. The van der Waals surface area contributed by atoms with Crippen LogP contribution in [0.2, 0.25) is 0 Å². The van der Waals surface area contributed by atoms with Crippen LogP contribution in [0.4, 0.5) is 0 Å². The van der Waals surface area contributed by atoms with E-state index in [4.69, 9.17) is 9.47 Å². The largest absolute Gasteiger partial charge is 0.486 e. The number of carbonyl (C=O) groups is 1. The van der Waals surface area contributed by atoms with E-state index in [0.29, 0.717) is 26.2 Å². The smallest absolute Gasteiger partial charge is 0.234 e.